The lowest BCUT2D eigenvalue weighted by atomic mass is 9.91. The molecule has 2 N–H and O–H groups in total. The van der Waals surface area contributed by atoms with Gasteiger partial charge in [-0.3, -0.25) is 0 Å². The van der Waals surface area contributed by atoms with Gasteiger partial charge in [-0.25, -0.2) is 0 Å². The van der Waals surface area contributed by atoms with E-state index < -0.39 is 0 Å². The van der Waals surface area contributed by atoms with Gasteiger partial charge >= 0.3 is 0 Å². The van der Waals surface area contributed by atoms with Gasteiger partial charge < -0.3 is 15.2 Å². The van der Waals surface area contributed by atoms with Gasteiger partial charge in [0.25, 0.3) is 0 Å². The third kappa shape index (κ3) is 4.63. The molecule has 0 aliphatic carbocycles. The Morgan fingerprint density at radius 1 is 1.13 bits per heavy atom. The van der Waals surface area contributed by atoms with Crippen molar-refractivity contribution >= 4 is 11.6 Å². The zero-order chi connectivity index (χ0) is 16.7. The number of hydrogen-bond acceptors (Lipinski definition) is 3. The van der Waals surface area contributed by atoms with Crippen LogP contribution in [0.4, 0.5) is 0 Å². The first-order chi connectivity index (χ1) is 11.2. The molecule has 0 bridgehead atoms. The largest absolute Gasteiger partial charge is 0.493 e. The van der Waals surface area contributed by atoms with Gasteiger partial charge in [0.2, 0.25) is 0 Å². The van der Waals surface area contributed by atoms with Crippen LogP contribution in [0.3, 0.4) is 0 Å². The third-order valence-corrected chi connectivity index (χ3v) is 4.08. The number of ether oxygens (including phenoxy) is 2. The Morgan fingerprint density at radius 2 is 1.87 bits per heavy atom. The number of rotatable bonds is 8. The summed E-state index contributed by atoms with van der Waals surface area (Å²) in [7, 11) is 1.66. The number of benzene rings is 2. The molecule has 2 rings (SSSR count). The van der Waals surface area contributed by atoms with Crippen molar-refractivity contribution < 1.29 is 9.47 Å². The summed E-state index contributed by atoms with van der Waals surface area (Å²) in [6, 6.07) is 13.9. The molecule has 23 heavy (non-hydrogen) atoms. The van der Waals surface area contributed by atoms with Gasteiger partial charge in [0.1, 0.15) is 0 Å². The summed E-state index contributed by atoms with van der Waals surface area (Å²) in [4.78, 5) is 0. The van der Waals surface area contributed by atoms with Gasteiger partial charge in [0.15, 0.2) is 11.5 Å². The van der Waals surface area contributed by atoms with Gasteiger partial charge in [-0.05, 0) is 48.7 Å². The van der Waals surface area contributed by atoms with E-state index in [1.54, 1.807) is 7.11 Å². The highest BCUT2D eigenvalue weighted by molar-refractivity contribution is 6.30. The van der Waals surface area contributed by atoms with E-state index in [4.69, 9.17) is 26.8 Å². The molecule has 0 fully saturated rings. The molecule has 0 amide bonds. The smallest absolute Gasteiger partial charge is 0.164 e. The molecule has 2 aromatic rings. The number of nitrogens with two attached hydrogens (primary N) is 1. The molecule has 124 valence electrons. The Morgan fingerprint density at radius 3 is 2.48 bits per heavy atom. The summed E-state index contributed by atoms with van der Waals surface area (Å²) >= 11 is 5.97. The molecule has 0 saturated heterocycles. The second-order valence-electron chi connectivity index (χ2n) is 5.49. The highest BCUT2D eigenvalue weighted by atomic mass is 35.5. The molecule has 0 saturated carbocycles. The minimum absolute atomic E-state index is 0.211. The summed E-state index contributed by atoms with van der Waals surface area (Å²) in [5.74, 6) is 1.80. The lowest BCUT2D eigenvalue weighted by molar-refractivity contribution is 0.290. The lowest BCUT2D eigenvalue weighted by Crippen LogP contribution is -2.16. The Kier molecular flexibility index (Phi) is 6.75. The van der Waals surface area contributed by atoms with E-state index in [9.17, 15) is 0 Å². The Balaban J connectivity index is 2.27. The van der Waals surface area contributed by atoms with Crippen LogP contribution in [0.2, 0.25) is 5.02 Å². The topological polar surface area (TPSA) is 44.5 Å². The number of methoxy groups -OCH3 is 1. The highest BCUT2D eigenvalue weighted by Crippen LogP contribution is 2.34. The second-order valence-corrected chi connectivity index (χ2v) is 5.92. The first-order valence-corrected chi connectivity index (χ1v) is 8.31. The summed E-state index contributed by atoms with van der Waals surface area (Å²) in [6.07, 6.45) is 1.75. The van der Waals surface area contributed by atoms with Crippen LogP contribution < -0.4 is 15.2 Å². The maximum Gasteiger partial charge on any atom is 0.164 e. The van der Waals surface area contributed by atoms with Crippen molar-refractivity contribution in [3.05, 3.63) is 58.6 Å². The van der Waals surface area contributed by atoms with Crippen molar-refractivity contribution in [3.8, 4) is 11.5 Å². The highest BCUT2D eigenvalue weighted by Gasteiger charge is 2.16. The Labute approximate surface area is 143 Å². The molecule has 1 unspecified atom stereocenters. The molecule has 0 aromatic heterocycles. The minimum atomic E-state index is 0.211. The number of para-hydroxylation sites is 1. The molecule has 0 aliphatic rings. The van der Waals surface area contributed by atoms with E-state index in [-0.39, 0.29) is 5.92 Å². The summed E-state index contributed by atoms with van der Waals surface area (Å²) < 4.78 is 11.4. The fraction of sp³-hybridized carbons (Fsp3) is 0.368. The summed E-state index contributed by atoms with van der Waals surface area (Å²) in [5.41, 5.74) is 8.30. The molecule has 0 aliphatic heterocycles. The summed E-state index contributed by atoms with van der Waals surface area (Å²) in [5, 5.41) is 0.734. The molecule has 2 aromatic carbocycles. The van der Waals surface area contributed by atoms with E-state index in [1.807, 2.05) is 36.4 Å². The molecule has 0 spiro atoms. The van der Waals surface area contributed by atoms with E-state index in [2.05, 4.69) is 13.0 Å². The van der Waals surface area contributed by atoms with Crippen molar-refractivity contribution in [1.82, 2.24) is 0 Å². The van der Waals surface area contributed by atoms with Crippen LogP contribution >= 0.6 is 11.6 Å². The van der Waals surface area contributed by atoms with Crippen molar-refractivity contribution in [2.45, 2.75) is 25.7 Å². The molecule has 4 heteroatoms. The molecule has 0 radical (unpaired) electrons. The molecule has 3 nitrogen and oxygen atoms in total. The minimum Gasteiger partial charge on any atom is -0.493 e. The Bertz CT molecular complexity index is 613. The van der Waals surface area contributed by atoms with Crippen molar-refractivity contribution in [2.24, 2.45) is 5.73 Å². The van der Waals surface area contributed by atoms with Crippen LogP contribution in [0.1, 0.15) is 30.4 Å². The first-order valence-electron chi connectivity index (χ1n) is 7.93. The first kappa shape index (κ1) is 17.6. The van der Waals surface area contributed by atoms with Crippen molar-refractivity contribution in [3.63, 3.8) is 0 Å². The van der Waals surface area contributed by atoms with Crippen molar-refractivity contribution in [2.75, 3.05) is 20.3 Å². The van der Waals surface area contributed by atoms with Crippen LogP contribution in [0.5, 0.6) is 11.5 Å². The van der Waals surface area contributed by atoms with Gasteiger partial charge in [-0.15, -0.1) is 0 Å². The van der Waals surface area contributed by atoms with E-state index in [0.717, 1.165) is 34.9 Å². The summed E-state index contributed by atoms with van der Waals surface area (Å²) in [6.45, 7) is 3.32. The molecular weight excluding hydrogens is 310 g/mol. The fourth-order valence-electron chi connectivity index (χ4n) is 2.59. The zero-order valence-corrected chi connectivity index (χ0v) is 14.5. The van der Waals surface area contributed by atoms with Crippen LogP contribution in [-0.2, 0) is 6.42 Å². The van der Waals surface area contributed by atoms with Gasteiger partial charge in [-0.2, -0.15) is 0 Å². The average molecular weight is 334 g/mol. The van der Waals surface area contributed by atoms with Crippen LogP contribution in [0.25, 0.3) is 0 Å². The standard InChI is InChI=1S/C19H24ClNO2/c1-3-11-23-19-15(5-4-6-18(19)22-2)12-16(13-21)14-7-9-17(20)10-8-14/h4-10,16H,3,11-13,21H2,1-2H3. The van der Waals surface area contributed by atoms with Crippen LogP contribution in [-0.4, -0.2) is 20.3 Å². The average Bonchev–Trinajstić information content (AvgIpc) is 2.59. The normalized spacial score (nSPS) is 12.0. The van der Waals surface area contributed by atoms with Gasteiger partial charge in [0.05, 0.1) is 13.7 Å². The molecular formula is C19H24ClNO2. The predicted molar refractivity (Wildman–Crippen MR) is 95.7 cm³/mol. The van der Waals surface area contributed by atoms with Crippen LogP contribution in [0.15, 0.2) is 42.5 Å². The predicted octanol–water partition coefficient (Wildman–Crippen LogP) is 4.42. The monoisotopic (exact) mass is 333 g/mol. The fourth-order valence-corrected chi connectivity index (χ4v) is 2.71. The number of hydrogen-bond donors (Lipinski definition) is 1. The lowest BCUT2D eigenvalue weighted by Gasteiger charge is -2.19. The quantitative estimate of drug-likeness (QED) is 0.777. The van der Waals surface area contributed by atoms with Gasteiger partial charge in [0, 0.05) is 10.9 Å². The van der Waals surface area contributed by atoms with E-state index in [0.29, 0.717) is 13.2 Å². The van der Waals surface area contributed by atoms with Crippen molar-refractivity contribution in [1.29, 1.82) is 0 Å². The maximum atomic E-state index is 6.01. The van der Waals surface area contributed by atoms with Gasteiger partial charge in [-0.1, -0.05) is 42.8 Å². The third-order valence-electron chi connectivity index (χ3n) is 3.82. The second kappa shape index (κ2) is 8.80. The molecule has 1 atom stereocenters. The molecule has 0 heterocycles. The van der Waals surface area contributed by atoms with E-state index >= 15 is 0 Å². The SMILES string of the molecule is CCCOc1c(CC(CN)c2ccc(Cl)cc2)cccc1OC. The van der Waals surface area contributed by atoms with Crippen LogP contribution in [0, 0.1) is 0 Å². The number of halogens is 1. The maximum absolute atomic E-state index is 6.01. The Hall–Kier alpha value is -1.71. The zero-order valence-electron chi connectivity index (χ0n) is 13.7. The van der Waals surface area contributed by atoms with E-state index in [1.165, 1.54) is 5.56 Å².